The Morgan fingerprint density at radius 2 is 1.74 bits per heavy atom. The van der Waals surface area contributed by atoms with Crippen molar-refractivity contribution in [3.8, 4) is 0 Å². The standard InChI is InChI=1S/C15H15F4NO3/c16-12-7-9(3-6-11(12)15(17,18)19)13(21)20-10-4-1-8(2-5-10)14(22)23/h3,6-8,10H,1-2,4-5H2,(H,20,21)(H,22,23). The molecule has 126 valence electrons. The lowest BCUT2D eigenvalue weighted by Gasteiger charge is -2.26. The van der Waals surface area contributed by atoms with Gasteiger partial charge in [-0.2, -0.15) is 13.2 Å². The SMILES string of the molecule is O=C(NC1CCC(C(=O)O)CC1)c1ccc(C(F)(F)F)c(F)c1. The highest BCUT2D eigenvalue weighted by Gasteiger charge is 2.34. The van der Waals surface area contributed by atoms with E-state index in [2.05, 4.69) is 5.32 Å². The van der Waals surface area contributed by atoms with E-state index in [1.54, 1.807) is 0 Å². The highest BCUT2D eigenvalue weighted by Crippen LogP contribution is 2.31. The van der Waals surface area contributed by atoms with Crippen LogP contribution in [-0.2, 0) is 11.0 Å². The third kappa shape index (κ3) is 4.20. The van der Waals surface area contributed by atoms with Crippen LogP contribution < -0.4 is 5.32 Å². The first-order valence-corrected chi connectivity index (χ1v) is 7.09. The second-order valence-electron chi connectivity index (χ2n) is 5.55. The summed E-state index contributed by atoms with van der Waals surface area (Å²) in [5, 5.41) is 11.5. The van der Waals surface area contributed by atoms with Crippen LogP contribution in [0.25, 0.3) is 0 Å². The molecule has 1 fully saturated rings. The molecule has 0 atom stereocenters. The van der Waals surface area contributed by atoms with E-state index >= 15 is 0 Å². The summed E-state index contributed by atoms with van der Waals surface area (Å²) in [5.41, 5.74) is -1.62. The van der Waals surface area contributed by atoms with Gasteiger partial charge in [0.2, 0.25) is 0 Å². The van der Waals surface area contributed by atoms with Gasteiger partial charge in [-0.1, -0.05) is 0 Å². The van der Waals surface area contributed by atoms with Crippen LogP contribution >= 0.6 is 0 Å². The van der Waals surface area contributed by atoms with Gasteiger partial charge in [0.1, 0.15) is 5.82 Å². The third-order valence-corrected chi connectivity index (χ3v) is 3.95. The van der Waals surface area contributed by atoms with Gasteiger partial charge in [-0.05, 0) is 43.9 Å². The molecule has 0 aliphatic heterocycles. The number of alkyl halides is 3. The Kier molecular flexibility index (Phi) is 4.91. The zero-order chi connectivity index (χ0) is 17.2. The van der Waals surface area contributed by atoms with Gasteiger partial charge in [0.15, 0.2) is 0 Å². The second kappa shape index (κ2) is 6.55. The number of halogens is 4. The molecule has 0 aromatic heterocycles. The van der Waals surface area contributed by atoms with Gasteiger partial charge in [-0.3, -0.25) is 9.59 Å². The first-order chi connectivity index (χ1) is 10.7. The Bertz CT molecular complexity index is 607. The number of aliphatic carboxylic acids is 1. The van der Waals surface area contributed by atoms with E-state index in [9.17, 15) is 27.2 Å². The number of benzene rings is 1. The molecule has 4 nitrogen and oxygen atoms in total. The fourth-order valence-electron chi connectivity index (χ4n) is 2.64. The normalized spacial score (nSPS) is 21.7. The molecule has 1 aromatic rings. The van der Waals surface area contributed by atoms with E-state index < -0.39 is 35.4 Å². The van der Waals surface area contributed by atoms with Gasteiger partial charge in [0, 0.05) is 11.6 Å². The average molecular weight is 333 g/mol. The number of carboxylic acid groups (broad SMARTS) is 1. The Morgan fingerprint density at radius 1 is 1.13 bits per heavy atom. The van der Waals surface area contributed by atoms with E-state index in [1.165, 1.54) is 0 Å². The number of hydrogen-bond donors (Lipinski definition) is 2. The van der Waals surface area contributed by atoms with Crippen molar-refractivity contribution in [3.05, 3.63) is 35.1 Å². The Morgan fingerprint density at radius 3 is 2.22 bits per heavy atom. The number of hydrogen-bond acceptors (Lipinski definition) is 2. The molecule has 1 aliphatic carbocycles. The van der Waals surface area contributed by atoms with Crippen molar-refractivity contribution in [2.24, 2.45) is 5.92 Å². The maximum atomic E-state index is 13.5. The maximum absolute atomic E-state index is 13.5. The monoisotopic (exact) mass is 333 g/mol. The summed E-state index contributed by atoms with van der Waals surface area (Å²) in [6, 6.07) is 1.75. The van der Waals surface area contributed by atoms with Gasteiger partial charge in [0.05, 0.1) is 11.5 Å². The molecule has 8 heteroatoms. The minimum atomic E-state index is -4.81. The third-order valence-electron chi connectivity index (χ3n) is 3.95. The molecule has 0 radical (unpaired) electrons. The average Bonchev–Trinajstić information content (AvgIpc) is 2.46. The molecule has 2 rings (SSSR count). The number of carboxylic acids is 1. The molecule has 1 amide bonds. The summed E-state index contributed by atoms with van der Waals surface area (Å²) in [4.78, 5) is 22.8. The summed E-state index contributed by atoms with van der Waals surface area (Å²) >= 11 is 0. The van der Waals surface area contributed by atoms with Crippen molar-refractivity contribution in [2.75, 3.05) is 0 Å². The molecule has 2 N–H and O–H groups in total. The lowest BCUT2D eigenvalue weighted by Crippen LogP contribution is -2.38. The number of carbonyl (C=O) groups excluding carboxylic acids is 1. The molecule has 1 aliphatic rings. The van der Waals surface area contributed by atoms with Crippen LogP contribution in [0.15, 0.2) is 18.2 Å². The van der Waals surface area contributed by atoms with Crippen molar-refractivity contribution in [1.82, 2.24) is 5.32 Å². The summed E-state index contributed by atoms with van der Waals surface area (Å²) in [6.45, 7) is 0. The van der Waals surface area contributed by atoms with Gasteiger partial charge in [-0.15, -0.1) is 0 Å². The van der Waals surface area contributed by atoms with E-state index in [1.807, 2.05) is 0 Å². The molecule has 0 bridgehead atoms. The van der Waals surface area contributed by atoms with E-state index in [0.717, 1.165) is 6.07 Å². The predicted molar refractivity (Wildman–Crippen MR) is 72.3 cm³/mol. The van der Waals surface area contributed by atoms with Crippen LogP contribution in [0.5, 0.6) is 0 Å². The van der Waals surface area contributed by atoms with Crippen LogP contribution in [0.1, 0.15) is 41.6 Å². The van der Waals surface area contributed by atoms with Crippen LogP contribution in [0.2, 0.25) is 0 Å². The summed E-state index contributed by atoms with van der Waals surface area (Å²) in [5.74, 6) is -3.48. The quantitative estimate of drug-likeness (QED) is 0.835. The maximum Gasteiger partial charge on any atom is 0.419 e. The number of amides is 1. The lowest BCUT2D eigenvalue weighted by atomic mass is 9.86. The fraction of sp³-hybridized carbons (Fsp3) is 0.467. The molecule has 0 saturated heterocycles. The largest absolute Gasteiger partial charge is 0.481 e. The minimum absolute atomic E-state index is 0.198. The highest BCUT2D eigenvalue weighted by atomic mass is 19.4. The highest BCUT2D eigenvalue weighted by molar-refractivity contribution is 5.94. The fourth-order valence-corrected chi connectivity index (χ4v) is 2.64. The molecular weight excluding hydrogens is 318 g/mol. The van der Waals surface area contributed by atoms with Gasteiger partial charge < -0.3 is 10.4 Å². The van der Waals surface area contributed by atoms with Crippen molar-refractivity contribution < 1.29 is 32.3 Å². The number of carbonyl (C=O) groups is 2. The Hall–Kier alpha value is -2.12. The van der Waals surface area contributed by atoms with Gasteiger partial charge >= 0.3 is 12.1 Å². The second-order valence-corrected chi connectivity index (χ2v) is 5.55. The minimum Gasteiger partial charge on any atom is -0.481 e. The molecule has 0 heterocycles. The van der Waals surface area contributed by atoms with Crippen molar-refractivity contribution in [2.45, 2.75) is 37.9 Å². The number of rotatable bonds is 3. The van der Waals surface area contributed by atoms with Crippen LogP contribution in [0.3, 0.4) is 0 Å². The first kappa shape index (κ1) is 17.2. The predicted octanol–water partition coefficient (Wildman–Crippen LogP) is 3.22. The molecule has 1 saturated carbocycles. The Labute approximate surface area is 129 Å². The molecule has 23 heavy (non-hydrogen) atoms. The van der Waals surface area contributed by atoms with Crippen molar-refractivity contribution in [3.63, 3.8) is 0 Å². The van der Waals surface area contributed by atoms with Crippen LogP contribution in [0.4, 0.5) is 17.6 Å². The zero-order valence-corrected chi connectivity index (χ0v) is 12.0. The van der Waals surface area contributed by atoms with Gasteiger partial charge in [0.25, 0.3) is 5.91 Å². The van der Waals surface area contributed by atoms with E-state index in [4.69, 9.17) is 5.11 Å². The summed E-state index contributed by atoms with van der Waals surface area (Å²) in [7, 11) is 0. The zero-order valence-electron chi connectivity index (χ0n) is 12.0. The number of nitrogens with one attached hydrogen (secondary N) is 1. The summed E-state index contributed by atoms with van der Waals surface area (Å²) < 4.78 is 50.9. The topological polar surface area (TPSA) is 66.4 Å². The molecular formula is C15H15F4NO3. The van der Waals surface area contributed by atoms with Crippen LogP contribution in [0, 0.1) is 11.7 Å². The Balaban J connectivity index is 1.99. The lowest BCUT2D eigenvalue weighted by molar-refractivity contribution is -0.143. The van der Waals surface area contributed by atoms with E-state index in [0.29, 0.717) is 37.8 Å². The van der Waals surface area contributed by atoms with E-state index in [-0.39, 0.29) is 11.6 Å². The van der Waals surface area contributed by atoms with Crippen molar-refractivity contribution >= 4 is 11.9 Å². The smallest absolute Gasteiger partial charge is 0.419 e. The van der Waals surface area contributed by atoms with Crippen molar-refractivity contribution in [1.29, 1.82) is 0 Å². The van der Waals surface area contributed by atoms with Crippen LogP contribution in [-0.4, -0.2) is 23.0 Å². The first-order valence-electron chi connectivity index (χ1n) is 7.09. The summed E-state index contributed by atoms with van der Waals surface area (Å²) in [6.07, 6.45) is -3.05. The molecule has 0 unspecified atom stereocenters. The molecule has 1 aromatic carbocycles. The van der Waals surface area contributed by atoms with Gasteiger partial charge in [-0.25, -0.2) is 4.39 Å². The molecule has 0 spiro atoms.